The smallest absolute Gasteiger partial charge is 0.247 e. The Morgan fingerprint density at radius 2 is 1.85 bits per heavy atom. The van der Waals surface area contributed by atoms with Crippen LogP contribution in [-0.4, -0.2) is 35.7 Å². The van der Waals surface area contributed by atoms with Crippen LogP contribution in [0.3, 0.4) is 0 Å². The van der Waals surface area contributed by atoms with Crippen molar-refractivity contribution in [2.75, 3.05) is 13.0 Å². The molecule has 0 radical (unpaired) electrons. The van der Waals surface area contributed by atoms with E-state index in [0.717, 1.165) is 44.6 Å². The second-order valence-electron chi connectivity index (χ2n) is 8.23. The van der Waals surface area contributed by atoms with Crippen LogP contribution in [0.15, 0.2) is 42.5 Å². The molecule has 2 aromatic carbocycles. The number of nitrogens with one attached hydrogen (secondary N) is 1. The number of carbonyl (C=O) groups is 2. The fraction of sp³-hybridized carbons (Fsp3) is 0.440. The lowest BCUT2D eigenvalue weighted by molar-refractivity contribution is -0.140. The summed E-state index contributed by atoms with van der Waals surface area (Å²) >= 11 is 12.3. The van der Waals surface area contributed by atoms with Crippen LogP contribution in [0.4, 0.5) is 4.39 Å². The highest BCUT2D eigenvalue weighted by Crippen LogP contribution is 2.32. The van der Waals surface area contributed by atoms with Crippen molar-refractivity contribution in [1.29, 1.82) is 0 Å². The van der Waals surface area contributed by atoms with Gasteiger partial charge < -0.3 is 15.0 Å². The SMILES string of the molecule is COc1ccccc1CN(C(=O)CCl)[C@@H](C(=O)NC1CCCCCC1)c1ccc(F)cc1Cl. The Morgan fingerprint density at radius 3 is 2.48 bits per heavy atom. The van der Waals surface area contributed by atoms with E-state index < -0.39 is 17.8 Å². The number of alkyl halides is 1. The average Bonchev–Trinajstić information content (AvgIpc) is 3.08. The van der Waals surface area contributed by atoms with Crippen LogP contribution in [0.1, 0.15) is 55.7 Å². The summed E-state index contributed by atoms with van der Waals surface area (Å²) in [6, 6.07) is 10.0. The highest BCUT2D eigenvalue weighted by Gasteiger charge is 2.34. The first kappa shape index (κ1) is 25.3. The Bertz CT molecular complexity index is 964. The Balaban J connectivity index is 2.01. The number of amides is 2. The lowest BCUT2D eigenvalue weighted by atomic mass is 10.0. The summed E-state index contributed by atoms with van der Waals surface area (Å²) in [6.45, 7) is 0.0754. The van der Waals surface area contributed by atoms with E-state index in [9.17, 15) is 14.0 Å². The minimum absolute atomic E-state index is 0.0148. The normalized spacial score (nSPS) is 15.4. The highest BCUT2D eigenvalue weighted by atomic mass is 35.5. The third kappa shape index (κ3) is 6.61. The summed E-state index contributed by atoms with van der Waals surface area (Å²) < 4.78 is 19.2. The van der Waals surface area contributed by atoms with Gasteiger partial charge in [-0.3, -0.25) is 9.59 Å². The van der Waals surface area contributed by atoms with Gasteiger partial charge in [-0.1, -0.05) is 61.5 Å². The number of ether oxygens (including phenoxy) is 1. The zero-order chi connectivity index (χ0) is 23.8. The molecule has 0 aliphatic heterocycles. The van der Waals surface area contributed by atoms with Crippen LogP contribution in [0, 0.1) is 5.82 Å². The van der Waals surface area contributed by atoms with Crippen molar-refractivity contribution < 1.29 is 18.7 Å². The topological polar surface area (TPSA) is 58.6 Å². The van der Waals surface area contributed by atoms with Crippen LogP contribution < -0.4 is 10.1 Å². The highest BCUT2D eigenvalue weighted by molar-refractivity contribution is 6.31. The standard InChI is InChI=1S/C25H29Cl2FN2O3/c1-33-22-11-7-6-8-17(22)16-30(23(31)15-26)24(20-13-12-18(28)14-21(20)27)25(32)29-19-9-4-2-3-5-10-19/h6-8,11-14,19,24H,2-5,9-10,15-16H2,1H3,(H,29,32)/t24-/m1/s1. The quantitative estimate of drug-likeness (QED) is 0.381. The number of methoxy groups -OCH3 is 1. The molecular formula is C25H29Cl2FN2O3. The van der Waals surface area contributed by atoms with Crippen molar-refractivity contribution >= 4 is 35.0 Å². The molecule has 1 fully saturated rings. The summed E-state index contributed by atoms with van der Waals surface area (Å²) in [6.07, 6.45) is 6.13. The third-order valence-corrected chi connectivity index (χ3v) is 6.54. The first-order valence-electron chi connectivity index (χ1n) is 11.2. The van der Waals surface area contributed by atoms with E-state index in [1.165, 1.54) is 17.0 Å². The molecule has 0 bridgehead atoms. The molecule has 8 heteroatoms. The molecule has 1 saturated carbocycles. The van der Waals surface area contributed by atoms with Crippen LogP contribution in [0.5, 0.6) is 5.75 Å². The van der Waals surface area contributed by atoms with Gasteiger partial charge in [0.2, 0.25) is 11.8 Å². The summed E-state index contributed by atoms with van der Waals surface area (Å²) in [5.41, 5.74) is 1.06. The van der Waals surface area contributed by atoms with E-state index in [2.05, 4.69) is 5.32 Å². The van der Waals surface area contributed by atoms with E-state index in [1.54, 1.807) is 13.2 Å². The van der Waals surface area contributed by atoms with Gasteiger partial charge in [-0.2, -0.15) is 0 Å². The van der Waals surface area contributed by atoms with Crippen molar-refractivity contribution in [3.63, 3.8) is 0 Å². The molecule has 5 nitrogen and oxygen atoms in total. The van der Waals surface area contributed by atoms with Gasteiger partial charge in [0.1, 0.15) is 23.5 Å². The van der Waals surface area contributed by atoms with Crippen molar-refractivity contribution in [3.8, 4) is 5.75 Å². The predicted molar refractivity (Wildman–Crippen MR) is 128 cm³/mol. The Morgan fingerprint density at radius 1 is 1.15 bits per heavy atom. The second kappa shape index (κ2) is 12.2. The minimum Gasteiger partial charge on any atom is -0.496 e. The molecule has 0 heterocycles. The van der Waals surface area contributed by atoms with E-state index in [1.807, 2.05) is 18.2 Å². The molecule has 1 aliphatic carbocycles. The average molecular weight is 495 g/mol. The van der Waals surface area contributed by atoms with Gasteiger partial charge in [0.15, 0.2) is 0 Å². The van der Waals surface area contributed by atoms with Crippen LogP contribution in [0.2, 0.25) is 5.02 Å². The maximum Gasteiger partial charge on any atom is 0.247 e. The van der Waals surface area contributed by atoms with Gasteiger partial charge in [0.05, 0.1) is 13.7 Å². The Hall–Kier alpha value is -2.31. The van der Waals surface area contributed by atoms with Gasteiger partial charge in [-0.15, -0.1) is 11.6 Å². The monoisotopic (exact) mass is 494 g/mol. The first-order chi connectivity index (χ1) is 15.9. The minimum atomic E-state index is -1.07. The summed E-state index contributed by atoms with van der Waals surface area (Å²) in [5.74, 6) is -1.06. The van der Waals surface area contributed by atoms with E-state index >= 15 is 0 Å². The molecule has 0 aromatic heterocycles. The number of rotatable bonds is 8. The molecule has 1 N–H and O–H groups in total. The molecule has 2 amide bonds. The number of hydrogen-bond acceptors (Lipinski definition) is 3. The number of hydrogen-bond donors (Lipinski definition) is 1. The molecule has 1 aliphatic rings. The van der Waals surface area contributed by atoms with E-state index in [-0.39, 0.29) is 29.4 Å². The largest absolute Gasteiger partial charge is 0.496 e. The van der Waals surface area contributed by atoms with Gasteiger partial charge in [-0.05, 0) is 31.0 Å². The first-order valence-corrected chi connectivity index (χ1v) is 12.1. The number of para-hydroxylation sites is 1. The Kier molecular flexibility index (Phi) is 9.39. The van der Waals surface area contributed by atoms with E-state index in [4.69, 9.17) is 27.9 Å². The number of carbonyl (C=O) groups excluding carboxylic acids is 2. The predicted octanol–water partition coefficient (Wildman–Crippen LogP) is 5.64. The second-order valence-corrected chi connectivity index (χ2v) is 8.91. The van der Waals surface area contributed by atoms with Gasteiger partial charge >= 0.3 is 0 Å². The van der Waals surface area contributed by atoms with Crippen LogP contribution in [0.25, 0.3) is 0 Å². The van der Waals surface area contributed by atoms with Crippen molar-refractivity contribution in [1.82, 2.24) is 10.2 Å². The molecule has 0 spiro atoms. The number of nitrogens with zero attached hydrogens (tertiary/aromatic N) is 1. The third-order valence-electron chi connectivity index (χ3n) is 5.99. The summed E-state index contributed by atoms with van der Waals surface area (Å²) in [5, 5.41) is 3.19. The fourth-order valence-corrected chi connectivity index (χ4v) is 4.72. The van der Waals surface area contributed by atoms with Crippen LogP contribution >= 0.6 is 23.2 Å². The van der Waals surface area contributed by atoms with Crippen LogP contribution in [-0.2, 0) is 16.1 Å². The van der Waals surface area contributed by atoms with Gasteiger partial charge in [0.25, 0.3) is 0 Å². The molecular weight excluding hydrogens is 466 g/mol. The fourth-order valence-electron chi connectivity index (χ4n) is 4.30. The zero-order valence-electron chi connectivity index (χ0n) is 18.7. The molecule has 0 unspecified atom stereocenters. The van der Waals surface area contributed by atoms with Gasteiger partial charge in [0, 0.05) is 22.2 Å². The molecule has 1 atom stereocenters. The Labute approximate surface area is 204 Å². The molecule has 3 rings (SSSR count). The van der Waals surface area contributed by atoms with Crippen molar-refractivity contribution in [2.45, 2.75) is 57.2 Å². The summed E-state index contributed by atoms with van der Waals surface area (Å²) in [7, 11) is 1.54. The van der Waals surface area contributed by atoms with Crippen molar-refractivity contribution in [2.24, 2.45) is 0 Å². The number of halogens is 3. The molecule has 33 heavy (non-hydrogen) atoms. The van der Waals surface area contributed by atoms with E-state index in [0.29, 0.717) is 16.9 Å². The zero-order valence-corrected chi connectivity index (χ0v) is 20.2. The van der Waals surface area contributed by atoms with Gasteiger partial charge in [-0.25, -0.2) is 4.39 Å². The lowest BCUT2D eigenvalue weighted by Gasteiger charge is -2.33. The maximum absolute atomic E-state index is 13.8. The molecule has 2 aromatic rings. The summed E-state index contributed by atoms with van der Waals surface area (Å²) in [4.78, 5) is 28.0. The maximum atomic E-state index is 13.8. The molecule has 178 valence electrons. The molecule has 0 saturated heterocycles. The lowest BCUT2D eigenvalue weighted by Crippen LogP contribution is -2.46. The number of benzene rings is 2. The van der Waals surface area contributed by atoms with Crippen molar-refractivity contribution in [3.05, 3.63) is 64.4 Å².